The van der Waals surface area contributed by atoms with Gasteiger partial charge < -0.3 is 11.5 Å². The Labute approximate surface area is 159 Å². The van der Waals surface area contributed by atoms with Crippen molar-refractivity contribution in [3.05, 3.63) is 71.3 Å². The maximum Gasteiger partial charge on any atom is 0.0397 e. The summed E-state index contributed by atoms with van der Waals surface area (Å²) in [7, 11) is 0. The lowest BCUT2D eigenvalue weighted by atomic mass is 9.96. The highest BCUT2D eigenvalue weighted by Gasteiger charge is 2.07. The van der Waals surface area contributed by atoms with Gasteiger partial charge in [-0.1, -0.05) is 63.3 Å². The average molecular weight is 349 g/mol. The van der Waals surface area contributed by atoms with Gasteiger partial charge in [0.05, 0.1) is 0 Å². The van der Waals surface area contributed by atoms with Gasteiger partial charge >= 0.3 is 0 Å². The summed E-state index contributed by atoms with van der Waals surface area (Å²) in [6.07, 6.45) is 11.0. The smallest absolute Gasteiger partial charge is 0.0397 e. The number of terminal acetylenes is 1. The molecule has 26 heavy (non-hydrogen) atoms. The van der Waals surface area contributed by atoms with Gasteiger partial charge in [-0.25, -0.2) is 0 Å². The second kappa shape index (κ2) is 11.6. The molecule has 0 spiro atoms. The summed E-state index contributed by atoms with van der Waals surface area (Å²) >= 11 is 0. The number of hydrogen-bond acceptors (Lipinski definition) is 2. The van der Waals surface area contributed by atoms with E-state index in [9.17, 15) is 0 Å². The van der Waals surface area contributed by atoms with E-state index in [0.717, 1.165) is 28.8 Å². The van der Waals surface area contributed by atoms with Crippen LogP contribution < -0.4 is 11.5 Å². The number of benzene rings is 2. The monoisotopic (exact) mass is 348 g/mol. The topological polar surface area (TPSA) is 52.0 Å². The molecule has 0 aliphatic rings. The Kier molecular flexibility index (Phi) is 10.3. The molecule has 4 N–H and O–H groups in total. The SMILES string of the molecule is C#C.C=C(/C=C(\CC)c1ccc(C)cc1)c1cc(N)c(C)cc1N.CC. The van der Waals surface area contributed by atoms with E-state index in [1.54, 1.807) is 0 Å². The Balaban J connectivity index is 0.00000146. The van der Waals surface area contributed by atoms with Crippen molar-refractivity contribution in [2.75, 3.05) is 11.5 Å². The first-order valence-corrected chi connectivity index (χ1v) is 8.88. The van der Waals surface area contributed by atoms with E-state index < -0.39 is 0 Å². The summed E-state index contributed by atoms with van der Waals surface area (Å²) in [5.74, 6) is 0. The zero-order valence-electron chi connectivity index (χ0n) is 16.8. The highest BCUT2D eigenvalue weighted by Crippen LogP contribution is 2.29. The van der Waals surface area contributed by atoms with Gasteiger partial charge in [-0.3, -0.25) is 0 Å². The highest BCUT2D eigenvalue weighted by molar-refractivity contribution is 5.88. The largest absolute Gasteiger partial charge is 0.398 e. The van der Waals surface area contributed by atoms with Crippen LogP contribution in [0.3, 0.4) is 0 Å². The molecule has 0 bridgehead atoms. The molecular formula is C24H32N2. The maximum atomic E-state index is 6.12. The van der Waals surface area contributed by atoms with Crippen LogP contribution in [0.2, 0.25) is 0 Å². The normalized spacial score (nSPS) is 10.0. The van der Waals surface area contributed by atoms with E-state index in [4.69, 9.17) is 11.5 Å². The molecule has 2 aromatic carbocycles. The van der Waals surface area contributed by atoms with Crippen LogP contribution in [0.4, 0.5) is 11.4 Å². The van der Waals surface area contributed by atoms with Crippen LogP contribution in [0.5, 0.6) is 0 Å². The van der Waals surface area contributed by atoms with Crippen LogP contribution in [-0.2, 0) is 0 Å². The number of hydrogen-bond donors (Lipinski definition) is 2. The molecule has 0 atom stereocenters. The number of allylic oxidation sites excluding steroid dienone is 3. The molecule has 0 aliphatic carbocycles. The molecular weight excluding hydrogens is 316 g/mol. The lowest BCUT2D eigenvalue weighted by Gasteiger charge is -2.12. The quantitative estimate of drug-likeness (QED) is 0.390. The Morgan fingerprint density at radius 1 is 1.00 bits per heavy atom. The molecule has 0 saturated carbocycles. The molecule has 0 heterocycles. The number of nitrogen functional groups attached to an aromatic ring is 2. The minimum absolute atomic E-state index is 0.715. The molecule has 0 aromatic heterocycles. The third-order valence-corrected chi connectivity index (χ3v) is 3.94. The summed E-state index contributed by atoms with van der Waals surface area (Å²) in [6, 6.07) is 12.3. The molecule has 0 fully saturated rings. The predicted octanol–water partition coefficient (Wildman–Crippen LogP) is 6.25. The Morgan fingerprint density at radius 2 is 1.54 bits per heavy atom. The van der Waals surface area contributed by atoms with Gasteiger partial charge in [-0.05, 0) is 54.7 Å². The Bertz CT molecular complexity index is 763. The van der Waals surface area contributed by atoms with Crippen molar-refractivity contribution in [3.8, 4) is 12.8 Å². The van der Waals surface area contributed by atoms with Crippen molar-refractivity contribution >= 4 is 22.5 Å². The molecule has 0 radical (unpaired) electrons. The van der Waals surface area contributed by atoms with Crippen LogP contribution in [0, 0.1) is 26.7 Å². The zero-order valence-corrected chi connectivity index (χ0v) is 16.8. The van der Waals surface area contributed by atoms with E-state index in [1.165, 1.54) is 16.7 Å². The number of nitrogens with two attached hydrogens (primary N) is 2. The molecule has 138 valence electrons. The minimum Gasteiger partial charge on any atom is -0.398 e. The first-order valence-electron chi connectivity index (χ1n) is 8.88. The van der Waals surface area contributed by atoms with Crippen molar-refractivity contribution in [1.29, 1.82) is 0 Å². The fourth-order valence-corrected chi connectivity index (χ4v) is 2.47. The van der Waals surface area contributed by atoms with Gasteiger partial charge in [0.1, 0.15) is 0 Å². The van der Waals surface area contributed by atoms with Gasteiger partial charge in [-0.15, -0.1) is 12.8 Å². The van der Waals surface area contributed by atoms with Crippen molar-refractivity contribution in [2.24, 2.45) is 0 Å². The van der Waals surface area contributed by atoms with Crippen LogP contribution in [0.15, 0.2) is 49.1 Å². The summed E-state index contributed by atoms with van der Waals surface area (Å²) in [6.45, 7) is 14.4. The van der Waals surface area contributed by atoms with E-state index in [0.29, 0.717) is 5.69 Å². The lowest BCUT2D eigenvalue weighted by Crippen LogP contribution is -1.98. The Hall–Kier alpha value is -2.92. The number of rotatable bonds is 4. The number of aryl methyl sites for hydroxylation is 2. The van der Waals surface area contributed by atoms with E-state index in [1.807, 2.05) is 32.9 Å². The van der Waals surface area contributed by atoms with Crippen molar-refractivity contribution in [3.63, 3.8) is 0 Å². The van der Waals surface area contributed by atoms with Gasteiger partial charge in [-0.2, -0.15) is 0 Å². The summed E-state index contributed by atoms with van der Waals surface area (Å²) in [4.78, 5) is 0. The van der Waals surface area contributed by atoms with Crippen LogP contribution in [0.25, 0.3) is 11.1 Å². The minimum atomic E-state index is 0.715. The summed E-state index contributed by atoms with van der Waals surface area (Å²) in [5.41, 5.74) is 20.1. The third-order valence-electron chi connectivity index (χ3n) is 3.94. The van der Waals surface area contributed by atoms with Crippen LogP contribution >= 0.6 is 0 Å². The van der Waals surface area contributed by atoms with Crippen molar-refractivity contribution < 1.29 is 0 Å². The molecule has 0 saturated heterocycles. The van der Waals surface area contributed by atoms with Gasteiger partial charge in [0.15, 0.2) is 0 Å². The molecule has 2 rings (SSSR count). The van der Waals surface area contributed by atoms with Crippen LogP contribution in [0.1, 0.15) is 49.4 Å². The van der Waals surface area contributed by atoms with E-state index in [-0.39, 0.29) is 0 Å². The van der Waals surface area contributed by atoms with Gasteiger partial charge in [0.2, 0.25) is 0 Å². The van der Waals surface area contributed by atoms with Crippen molar-refractivity contribution in [2.45, 2.75) is 41.0 Å². The molecule has 2 nitrogen and oxygen atoms in total. The van der Waals surface area contributed by atoms with Gasteiger partial charge in [0, 0.05) is 16.9 Å². The van der Waals surface area contributed by atoms with Crippen molar-refractivity contribution in [1.82, 2.24) is 0 Å². The van der Waals surface area contributed by atoms with Crippen LogP contribution in [-0.4, -0.2) is 0 Å². The second-order valence-corrected chi connectivity index (χ2v) is 5.71. The molecule has 0 amide bonds. The van der Waals surface area contributed by atoms with E-state index in [2.05, 4.69) is 63.6 Å². The zero-order chi connectivity index (χ0) is 20.3. The summed E-state index contributed by atoms with van der Waals surface area (Å²) < 4.78 is 0. The molecule has 0 aliphatic heterocycles. The van der Waals surface area contributed by atoms with E-state index >= 15 is 0 Å². The first kappa shape index (κ1) is 23.1. The fourth-order valence-electron chi connectivity index (χ4n) is 2.47. The second-order valence-electron chi connectivity index (χ2n) is 5.71. The lowest BCUT2D eigenvalue weighted by molar-refractivity contribution is 1.24. The fraction of sp³-hybridized carbons (Fsp3) is 0.250. The molecule has 2 heteroatoms. The molecule has 0 unspecified atom stereocenters. The molecule has 2 aromatic rings. The number of anilines is 2. The standard InChI is InChI=1S/C20H24N2.C2H6.C2H2/c1-5-16(17-8-6-13(2)7-9-17)10-14(3)18-12-19(21)15(4)11-20(18)22;2*1-2/h6-12H,3,5,21-22H2,1-2,4H3;1-2H3;1-2H/b16-10+;;. The highest BCUT2D eigenvalue weighted by atomic mass is 14.6. The average Bonchev–Trinajstić information content (AvgIpc) is 2.66. The third kappa shape index (κ3) is 6.18. The Morgan fingerprint density at radius 3 is 2.04 bits per heavy atom. The van der Waals surface area contributed by atoms with Gasteiger partial charge in [0.25, 0.3) is 0 Å². The summed E-state index contributed by atoms with van der Waals surface area (Å²) in [5, 5.41) is 0. The maximum absolute atomic E-state index is 6.12. The first-order chi connectivity index (χ1) is 12.4. The predicted molar refractivity (Wildman–Crippen MR) is 120 cm³/mol.